The van der Waals surface area contributed by atoms with Crippen LogP contribution in [0.2, 0.25) is 0 Å². The van der Waals surface area contributed by atoms with E-state index in [1.807, 2.05) is 19.1 Å². The summed E-state index contributed by atoms with van der Waals surface area (Å²) in [5.74, 6) is 0.113. The smallest absolute Gasteiger partial charge is 0.167 e. The summed E-state index contributed by atoms with van der Waals surface area (Å²) in [5.41, 5.74) is 8.94. The second-order valence-corrected chi connectivity index (χ2v) is 7.59. The van der Waals surface area contributed by atoms with Crippen molar-refractivity contribution in [3.8, 4) is 21.7 Å². The summed E-state index contributed by atoms with van der Waals surface area (Å²) >= 11 is 1.53. The Bertz CT molecular complexity index is 1120. The molecule has 2 aromatic carbocycles. The van der Waals surface area contributed by atoms with Gasteiger partial charge in [-0.1, -0.05) is 47.7 Å². The van der Waals surface area contributed by atoms with E-state index in [0.29, 0.717) is 6.42 Å². The monoisotopic (exact) mass is 385 g/mol. The Morgan fingerprint density at radius 2 is 1.75 bits per heavy atom. The molecule has 0 N–H and O–H groups in total. The first-order chi connectivity index (χ1) is 13.6. The molecule has 2 aromatic heterocycles. The number of nitrogens with zero attached hydrogens (tertiary/aromatic N) is 3. The second-order valence-electron chi connectivity index (χ2n) is 6.76. The Labute approximate surface area is 167 Å². The highest BCUT2D eigenvalue weighted by Crippen LogP contribution is 2.30. The van der Waals surface area contributed by atoms with Gasteiger partial charge in [0, 0.05) is 29.9 Å². The Hall–Kier alpha value is -3.18. The van der Waals surface area contributed by atoms with Crippen molar-refractivity contribution in [2.75, 3.05) is 0 Å². The number of benzene rings is 2. The van der Waals surface area contributed by atoms with Crippen molar-refractivity contribution in [2.24, 2.45) is 0 Å². The molecule has 0 saturated carbocycles. The Morgan fingerprint density at radius 3 is 2.46 bits per heavy atom. The minimum Gasteiger partial charge on any atom is -0.294 e. The molecule has 5 heteroatoms. The molecule has 2 heterocycles. The lowest BCUT2D eigenvalue weighted by molar-refractivity contribution is 0.0992. The van der Waals surface area contributed by atoms with Gasteiger partial charge in [-0.2, -0.15) is 0 Å². The van der Waals surface area contributed by atoms with Gasteiger partial charge in [-0.3, -0.25) is 9.78 Å². The number of hydrogen-bond donors (Lipinski definition) is 0. The largest absolute Gasteiger partial charge is 0.294 e. The lowest BCUT2D eigenvalue weighted by Gasteiger charge is -2.09. The number of aryl methyl sites for hydroxylation is 2. The summed E-state index contributed by atoms with van der Waals surface area (Å²) in [7, 11) is 0. The molecule has 0 aliphatic heterocycles. The van der Waals surface area contributed by atoms with Crippen LogP contribution in [0.5, 0.6) is 0 Å². The molecule has 0 bridgehead atoms. The number of aromatic nitrogens is 3. The van der Waals surface area contributed by atoms with Gasteiger partial charge in [0.2, 0.25) is 0 Å². The SMILES string of the molecule is Cc1cnccc1C(=O)Cc1ccc(-c2cc(-c3nncs3)ccc2C)cc1. The van der Waals surface area contributed by atoms with Crippen LogP contribution in [0.3, 0.4) is 0 Å². The van der Waals surface area contributed by atoms with Crippen molar-refractivity contribution < 1.29 is 4.79 Å². The number of pyridine rings is 1. The Balaban J connectivity index is 1.58. The Kier molecular flexibility index (Phi) is 5.08. The van der Waals surface area contributed by atoms with Crippen LogP contribution in [-0.2, 0) is 6.42 Å². The number of carbonyl (C=O) groups excluding carboxylic acids is 1. The first kappa shape index (κ1) is 18.2. The van der Waals surface area contributed by atoms with E-state index in [2.05, 4.69) is 52.4 Å². The molecule has 138 valence electrons. The average Bonchev–Trinajstić information content (AvgIpc) is 3.24. The van der Waals surface area contributed by atoms with Crippen LogP contribution >= 0.6 is 11.3 Å². The molecule has 0 spiro atoms. The zero-order valence-corrected chi connectivity index (χ0v) is 16.5. The van der Waals surface area contributed by atoms with E-state index in [0.717, 1.165) is 38.4 Å². The first-order valence-corrected chi connectivity index (χ1v) is 9.90. The third kappa shape index (κ3) is 3.75. The minimum absolute atomic E-state index is 0.113. The summed E-state index contributed by atoms with van der Waals surface area (Å²) in [6.45, 7) is 4.01. The van der Waals surface area contributed by atoms with Gasteiger partial charge in [-0.15, -0.1) is 10.2 Å². The normalized spacial score (nSPS) is 10.8. The fourth-order valence-corrected chi connectivity index (χ4v) is 3.79. The third-order valence-electron chi connectivity index (χ3n) is 4.79. The van der Waals surface area contributed by atoms with E-state index >= 15 is 0 Å². The quantitative estimate of drug-likeness (QED) is 0.437. The lowest BCUT2D eigenvalue weighted by Crippen LogP contribution is -2.05. The van der Waals surface area contributed by atoms with Gasteiger partial charge in [0.25, 0.3) is 0 Å². The molecule has 0 amide bonds. The van der Waals surface area contributed by atoms with Gasteiger partial charge in [-0.05, 0) is 53.8 Å². The van der Waals surface area contributed by atoms with Crippen LogP contribution in [-0.4, -0.2) is 21.0 Å². The summed E-state index contributed by atoms with van der Waals surface area (Å²) in [5, 5.41) is 9.00. The van der Waals surface area contributed by atoms with Gasteiger partial charge < -0.3 is 0 Å². The molecule has 28 heavy (non-hydrogen) atoms. The maximum absolute atomic E-state index is 12.6. The molecule has 0 aliphatic carbocycles. The lowest BCUT2D eigenvalue weighted by atomic mass is 9.95. The number of carbonyl (C=O) groups is 1. The van der Waals surface area contributed by atoms with E-state index in [9.17, 15) is 4.79 Å². The predicted octanol–water partition coefficient (Wildman–Crippen LogP) is 5.31. The van der Waals surface area contributed by atoms with Crippen molar-refractivity contribution in [1.82, 2.24) is 15.2 Å². The van der Waals surface area contributed by atoms with Crippen LogP contribution in [0.15, 0.2) is 66.4 Å². The van der Waals surface area contributed by atoms with E-state index in [1.54, 1.807) is 24.0 Å². The summed E-state index contributed by atoms with van der Waals surface area (Å²) in [6.07, 6.45) is 3.77. The van der Waals surface area contributed by atoms with E-state index < -0.39 is 0 Å². The molecule has 4 rings (SSSR count). The van der Waals surface area contributed by atoms with Gasteiger partial charge in [-0.25, -0.2) is 0 Å². The molecule has 4 nitrogen and oxygen atoms in total. The van der Waals surface area contributed by atoms with Crippen molar-refractivity contribution in [3.05, 3.63) is 88.7 Å². The zero-order chi connectivity index (χ0) is 19.5. The maximum atomic E-state index is 12.6. The van der Waals surface area contributed by atoms with Crippen LogP contribution in [0, 0.1) is 13.8 Å². The van der Waals surface area contributed by atoms with Crippen LogP contribution in [0.4, 0.5) is 0 Å². The molecule has 0 saturated heterocycles. The number of hydrogen-bond acceptors (Lipinski definition) is 5. The van der Waals surface area contributed by atoms with Crippen molar-refractivity contribution >= 4 is 17.1 Å². The number of Topliss-reactive ketones (excluding diaryl/α,β-unsaturated/α-hetero) is 1. The first-order valence-electron chi connectivity index (χ1n) is 9.02. The topological polar surface area (TPSA) is 55.7 Å². The highest BCUT2D eigenvalue weighted by Gasteiger charge is 2.11. The van der Waals surface area contributed by atoms with Gasteiger partial charge >= 0.3 is 0 Å². The third-order valence-corrected chi connectivity index (χ3v) is 5.54. The molecular weight excluding hydrogens is 366 g/mol. The highest BCUT2D eigenvalue weighted by molar-refractivity contribution is 7.12. The summed E-state index contributed by atoms with van der Waals surface area (Å²) < 4.78 is 0. The summed E-state index contributed by atoms with van der Waals surface area (Å²) in [6, 6.07) is 16.3. The van der Waals surface area contributed by atoms with E-state index in [4.69, 9.17) is 0 Å². The maximum Gasteiger partial charge on any atom is 0.167 e. The number of rotatable bonds is 5. The zero-order valence-electron chi connectivity index (χ0n) is 15.7. The molecule has 4 aromatic rings. The Morgan fingerprint density at radius 1 is 0.964 bits per heavy atom. The standard InChI is InChI=1S/C23H19N3OS/c1-15-3-6-19(23-26-25-14-28-23)12-21(15)18-7-4-17(5-8-18)11-22(27)20-9-10-24-13-16(20)2/h3-10,12-14H,11H2,1-2H3. The van der Waals surface area contributed by atoms with Crippen molar-refractivity contribution in [3.63, 3.8) is 0 Å². The minimum atomic E-state index is 0.113. The van der Waals surface area contributed by atoms with Gasteiger partial charge in [0.05, 0.1) is 0 Å². The van der Waals surface area contributed by atoms with Crippen LogP contribution < -0.4 is 0 Å². The second kappa shape index (κ2) is 7.82. The fraction of sp³-hybridized carbons (Fsp3) is 0.130. The van der Waals surface area contributed by atoms with Crippen molar-refractivity contribution in [1.29, 1.82) is 0 Å². The van der Waals surface area contributed by atoms with E-state index in [1.165, 1.54) is 16.9 Å². The molecular formula is C23H19N3OS. The molecule has 0 radical (unpaired) electrons. The summed E-state index contributed by atoms with van der Waals surface area (Å²) in [4.78, 5) is 16.6. The fourth-order valence-electron chi connectivity index (χ4n) is 3.23. The van der Waals surface area contributed by atoms with Crippen LogP contribution in [0.25, 0.3) is 21.7 Å². The van der Waals surface area contributed by atoms with E-state index in [-0.39, 0.29) is 5.78 Å². The average molecular weight is 385 g/mol. The molecule has 0 fully saturated rings. The number of ketones is 1. The van der Waals surface area contributed by atoms with Crippen LogP contribution in [0.1, 0.15) is 27.0 Å². The molecule has 0 aliphatic rings. The molecule has 0 unspecified atom stereocenters. The molecule has 0 atom stereocenters. The van der Waals surface area contributed by atoms with Crippen molar-refractivity contribution in [2.45, 2.75) is 20.3 Å². The van der Waals surface area contributed by atoms with Gasteiger partial charge in [0.15, 0.2) is 5.78 Å². The highest BCUT2D eigenvalue weighted by atomic mass is 32.1. The predicted molar refractivity (Wildman–Crippen MR) is 113 cm³/mol. The van der Waals surface area contributed by atoms with Gasteiger partial charge in [0.1, 0.15) is 10.5 Å².